The van der Waals surface area contributed by atoms with Crippen molar-refractivity contribution in [2.24, 2.45) is 0 Å². The molecule has 0 unspecified atom stereocenters. The average Bonchev–Trinajstić information content (AvgIpc) is 2.76. The summed E-state index contributed by atoms with van der Waals surface area (Å²) in [5, 5.41) is 6.47. The maximum Gasteiger partial charge on any atom is 0.0945 e. The number of aryl methyl sites for hydroxylation is 1. The molecule has 0 saturated carbocycles. The molecule has 16 heavy (non-hydrogen) atoms. The van der Waals surface area contributed by atoms with E-state index in [1.165, 1.54) is 16.1 Å². The summed E-state index contributed by atoms with van der Waals surface area (Å²) < 4.78 is 0. The van der Waals surface area contributed by atoms with Gasteiger partial charge in [0.1, 0.15) is 0 Å². The zero-order valence-corrected chi connectivity index (χ0v) is 10.5. The first-order valence-corrected chi connectivity index (χ1v) is 6.33. The molecule has 2 nitrogen and oxygen atoms in total. The predicted molar refractivity (Wildman–Crippen MR) is 69.9 cm³/mol. The SMILES string of the molecule is CNCCc1nc(-c2ccc(C)cc2)cs1. The molecule has 1 aromatic heterocycles. The maximum atomic E-state index is 4.63. The smallest absolute Gasteiger partial charge is 0.0945 e. The van der Waals surface area contributed by atoms with E-state index in [1.807, 2.05) is 7.05 Å². The van der Waals surface area contributed by atoms with E-state index in [9.17, 15) is 0 Å². The van der Waals surface area contributed by atoms with E-state index in [4.69, 9.17) is 0 Å². The van der Waals surface area contributed by atoms with E-state index in [-0.39, 0.29) is 0 Å². The van der Waals surface area contributed by atoms with Crippen LogP contribution in [0.5, 0.6) is 0 Å². The van der Waals surface area contributed by atoms with Crippen LogP contribution in [0.2, 0.25) is 0 Å². The van der Waals surface area contributed by atoms with Crippen LogP contribution >= 0.6 is 11.3 Å². The Morgan fingerprint density at radius 1 is 1.25 bits per heavy atom. The van der Waals surface area contributed by atoms with Crippen molar-refractivity contribution in [1.82, 2.24) is 10.3 Å². The lowest BCUT2D eigenvalue weighted by molar-refractivity contribution is 0.788. The number of benzene rings is 1. The van der Waals surface area contributed by atoms with E-state index < -0.39 is 0 Å². The summed E-state index contributed by atoms with van der Waals surface area (Å²) in [7, 11) is 1.97. The van der Waals surface area contributed by atoms with Crippen molar-refractivity contribution < 1.29 is 0 Å². The van der Waals surface area contributed by atoms with Crippen LogP contribution in [0, 0.1) is 6.92 Å². The molecule has 0 amide bonds. The average molecular weight is 232 g/mol. The Balaban J connectivity index is 2.15. The molecule has 1 aromatic carbocycles. The molecule has 1 heterocycles. The normalized spacial score (nSPS) is 10.6. The Labute approximate surface area is 100 Å². The van der Waals surface area contributed by atoms with Gasteiger partial charge in [-0.1, -0.05) is 29.8 Å². The minimum atomic E-state index is 0.987. The number of rotatable bonds is 4. The largest absolute Gasteiger partial charge is 0.319 e. The van der Waals surface area contributed by atoms with E-state index in [2.05, 4.69) is 46.9 Å². The standard InChI is InChI=1S/C13H16N2S/c1-10-3-5-11(6-4-10)12-9-16-13(15-12)7-8-14-2/h3-6,9,14H,7-8H2,1-2H3. The zero-order chi connectivity index (χ0) is 11.4. The summed E-state index contributed by atoms with van der Waals surface area (Å²) >= 11 is 1.74. The van der Waals surface area contributed by atoms with Gasteiger partial charge in [0.15, 0.2) is 0 Å². The summed E-state index contributed by atoms with van der Waals surface area (Å²) in [5.74, 6) is 0. The summed E-state index contributed by atoms with van der Waals surface area (Å²) in [6, 6.07) is 8.52. The lowest BCUT2D eigenvalue weighted by Crippen LogP contribution is -2.09. The second-order valence-corrected chi connectivity index (χ2v) is 4.79. The summed E-state index contributed by atoms with van der Waals surface area (Å²) in [6.45, 7) is 3.09. The van der Waals surface area contributed by atoms with E-state index in [0.29, 0.717) is 0 Å². The Morgan fingerprint density at radius 2 is 2.00 bits per heavy atom. The van der Waals surface area contributed by atoms with E-state index >= 15 is 0 Å². The second kappa shape index (κ2) is 5.23. The Hall–Kier alpha value is -1.19. The molecular weight excluding hydrogens is 216 g/mol. The van der Waals surface area contributed by atoms with Crippen molar-refractivity contribution in [2.45, 2.75) is 13.3 Å². The van der Waals surface area contributed by atoms with Gasteiger partial charge in [-0.2, -0.15) is 0 Å². The molecule has 0 saturated heterocycles. The number of hydrogen-bond acceptors (Lipinski definition) is 3. The second-order valence-electron chi connectivity index (χ2n) is 3.85. The van der Waals surface area contributed by atoms with Crippen LogP contribution in [-0.2, 0) is 6.42 Å². The molecule has 3 heteroatoms. The Bertz CT molecular complexity index is 445. The van der Waals surface area contributed by atoms with Crippen LogP contribution in [0.25, 0.3) is 11.3 Å². The van der Waals surface area contributed by atoms with Gasteiger partial charge in [0.05, 0.1) is 10.7 Å². The van der Waals surface area contributed by atoms with Crippen LogP contribution < -0.4 is 5.32 Å². The van der Waals surface area contributed by atoms with Crippen molar-refractivity contribution >= 4 is 11.3 Å². The van der Waals surface area contributed by atoms with E-state index in [1.54, 1.807) is 11.3 Å². The highest BCUT2D eigenvalue weighted by Crippen LogP contribution is 2.22. The molecule has 0 radical (unpaired) electrons. The van der Waals surface area contributed by atoms with Crippen molar-refractivity contribution in [2.75, 3.05) is 13.6 Å². The molecule has 84 valence electrons. The molecule has 0 aliphatic rings. The first-order valence-electron chi connectivity index (χ1n) is 5.45. The van der Waals surface area contributed by atoms with Gasteiger partial charge >= 0.3 is 0 Å². The minimum Gasteiger partial charge on any atom is -0.319 e. The molecule has 0 fully saturated rings. The van der Waals surface area contributed by atoms with Crippen molar-refractivity contribution in [3.8, 4) is 11.3 Å². The number of hydrogen-bond donors (Lipinski definition) is 1. The molecule has 0 atom stereocenters. The third-order valence-electron chi connectivity index (χ3n) is 2.49. The fraction of sp³-hybridized carbons (Fsp3) is 0.308. The highest BCUT2D eigenvalue weighted by Gasteiger charge is 2.03. The summed E-state index contributed by atoms with van der Waals surface area (Å²) in [5.41, 5.74) is 3.59. The molecule has 0 spiro atoms. The van der Waals surface area contributed by atoms with Gasteiger partial charge in [-0.3, -0.25) is 0 Å². The predicted octanol–water partition coefficient (Wildman–Crippen LogP) is 2.88. The number of likely N-dealkylation sites (N-methyl/N-ethyl adjacent to an activating group) is 1. The number of aromatic nitrogens is 1. The molecule has 2 rings (SSSR count). The number of nitrogens with one attached hydrogen (secondary N) is 1. The topological polar surface area (TPSA) is 24.9 Å². The molecule has 0 aliphatic heterocycles. The lowest BCUT2D eigenvalue weighted by Gasteiger charge is -1.97. The molecule has 0 bridgehead atoms. The summed E-state index contributed by atoms with van der Waals surface area (Å²) in [6.07, 6.45) is 1.01. The highest BCUT2D eigenvalue weighted by molar-refractivity contribution is 7.09. The first kappa shape index (κ1) is 11.3. The van der Waals surface area contributed by atoms with Crippen LogP contribution in [-0.4, -0.2) is 18.6 Å². The third-order valence-corrected chi connectivity index (χ3v) is 3.40. The maximum absolute atomic E-state index is 4.63. The van der Waals surface area contributed by atoms with Gasteiger partial charge in [-0.25, -0.2) is 4.98 Å². The fourth-order valence-electron chi connectivity index (χ4n) is 1.51. The van der Waals surface area contributed by atoms with Crippen LogP contribution in [0.3, 0.4) is 0 Å². The monoisotopic (exact) mass is 232 g/mol. The highest BCUT2D eigenvalue weighted by atomic mass is 32.1. The van der Waals surface area contributed by atoms with Crippen molar-refractivity contribution in [3.63, 3.8) is 0 Å². The molecular formula is C13H16N2S. The molecule has 2 aromatic rings. The molecule has 0 aliphatic carbocycles. The third kappa shape index (κ3) is 2.68. The van der Waals surface area contributed by atoms with Gasteiger partial charge in [0.25, 0.3) is 0 Å². The van der Waals surface area contributed by atoms with Gasteiger partial charge in [-0.05, 0) is 14.0 Å². The van der Waals surface area contributed by atoms with Gasteiger partial charge in [-0.15, -0.1) is 11.3 Å². The van der Waals surface area contributed by atoms with Gasteiger partial charge in [0, 0.05) is 23.9 Å². The van der Waals surface area contributed by atoms with Crippen LogP contribution in [0.4, 0.5) is 0 Å². The van der Waals surface area contributed by atoms with Crippen molar-refractivity contribution in [3.05, 3.63) is 40.2 Å². The Kier molecular flexibility index (Phi) is 3.70. The zero-order valence-electron chi connectivity index (χ0n) is 9.66. The lowest BCUT2D eigenvalue weighted by atomic mass is 10.1. The number of nitrogens with zero attached hydrogens (tertiary/aromatic N) is 1. The number of thiazole rings is 1. The van der Waals surface area contributed by atoms with Gasteiger partial charge < -0.3 is 5.32 Å². The quantitative estimate of drug-likeness (QED) is 0.876. The molecule has 1 N–H and O–H groups in total. The van der Waals surface area contributed by atoms with E-state index in [0.717, 1.165) is 18.7 Å². The van der Waals surface area contributed by atoms with Gasteiger partial charge in [0.2, 0.25) is 0 Å². The Morgan fingerprint density at radius 3 is 2.69 bits per heavy atom. The summed E-state index contributed by atoms with van der Waals surface area (Å²) in [4.78, 5) is 4.63. The van der Waals surface area contributed by atoms with Crippen molar-refractivity contribution in [1.29, 1.82) is 0 Å². The first-order chi connectivity index (χ1) is 7.79. The van der Waals surface area contributed by atoms with Crippen LogP contribution in [0.15, 0.2) is 29.6 Å². The van der Waals surface area contributed by atoms with Crippen LogP contribution in [0.1, 0.15) is 10.6 Å². The minimum absolute atomic E-state index is 0.987. The fourth-order valence-corrected chi connectivity index (χ4v) is 2.32.